The number of hydrogen-bond donors (Lipinski definition) is 0. The summed E-state index contributed by atoms with van der Waals surface area (Å²) < 4.78 is 33.0. The first-order valence-electron chi connectivity index (χ1n) is 10.3. The second kappa shape index (κ2) is 7.25. The quantitative estimate of drug-likeness (QED) is 0.765. The van der Waals surface area contributed by atoms with Crippen molar-refractivity contribution >= 4 is 0 Å². The molecule has 5 heteroatoms. The van der Waals surface area contributed by atoms with Gasteiger partial charge in [-0.25, -0.2) is 4.39 Å². The van der Waals surface area contributed by atoms with Crippen molar-refractivity contribution in [2.45, 2.75) is 83.1 Å². The van der Waals surface area contributed by atoms with E-state index in [0.717, 1.165) is 56.3 Å². The highest BCUT2D eigenvalue weighted by Crippen LogP contribution is 2.45. The standard InChI is InChI=1S/C22H32FNO3/c1-22(2,3)27-15-8-9-18-17-12-19(25-4)21(26-14-6-5-7-14)20(23)16(17)10-11-24(18)13-15/h12,14-15,18H,5-11,13H2,1-4H3. The fourth-order valence-corrected chi connectivity index (χ4v) is 4.59. The summed E-state index contributed by atoms with van der Waals surface area (Å²) in [7, 11) is 1.60. The van der Waals surface area contributed by atoms with Gasteiger partial charge in [0.05, 0.1) is 24.9 Å². The zero-order chi connectivity index (χ0) is 19.2. The maximum absolute atomic E-state index is 15.3. The van der Waals surface area contributed by atoms with E-state index < -0.39 is 0 Å². The molecule has 27 heavy (non-hydrogen) atoms. The lowest BCUT2D eigenvalue weighted by atomic mass is 9.85. The minimum absolute atomic E-state index is 0.131. The normalized spacial score (nSPS) is 26.1. The predicted octanol–water partition coefficient (Wildman–Crippen LogP) is 4.64. The van der Waals surface area contributed by atoms with Crippen LogP contribution in [0, 0.1) is 5.82 Å². The minimum Gasteiger partial charge on any atom is -0.493 e. The van der Waals surface area contributed by atoms with Crippen LogP contribution in [0.4, 0.5) is 4.39 Å². The molecule has 2 atom stereocenters. The molecule has 150 valence electrons. The van der Waals surface area contributed by atoms with Crippen LogP contribution in [0.15, 0.2) is 6.07 Å². The van der Waals surface area contributed by atoms with Crippen LogP contribution in [0.2, 0.25) is 0 Å². The van der Waals surface area contributed by atoms with Crippen LogP contribution < -0.4 is 9.47 Å². The molecule has 0 spiro atoms. The van der Waals surface area contributed by atoms with Crippen LogP contribution in [-0.2, 0) is 11.2 Å². The molecule has 3 aliphatic rings. The van der Waals surface area contributed by atoms with E-state index in [9.17, 15) is 0 Å². The fourth-order valence-electron chi connectivity index (χ4n) is 4.59. The van der Waals surface area contributed by atoms with Crippen molar-refractivity contribution in [1.29, 1.82) is 0 Å². The molecule has 0 N–H and O–H groups in total. The second-order valence-electron chi connectivity index (χ2n) is 9.15. The monoisotopic (exact) mass is 377 g/mol. The largest absolute Gasteiger partial charge is 0.493 e. The number of fused-ring (bicyclic) bond motifs is 3. The second-order valence-corrected chi connectivity index (χ2v) is 9.15. The Balaban J connectivity index is 1.58. The van der Waals surface area contributed by atoms with Crippen LogP contribution in [0.1, 0.15) is 70.0 Å². The molecular weight excluding hydrogens is 345 g/mol. The third kappa shape index (κ3) is 3.81. The molecule has 2 heterocycles. The van der Waals surface area contributed by atoms with Gasteiger partial charge in [-0.1, -0.05) is 0 Å². The molecular formula is C22H32FNO3. The van der Waals surface area contributed by atoms with Gasteiger partial charge in [-0.15, -0.1) is 0 Å². The summed E-state index contributed by atoms with van der Waals surface area (Å²) >= 11 is 0. The van der Waals surface area contributed by atoms with E-state index in [-0.39, 0.29) is 29.7 Å². The molecule has 1 aromatic carbocycles. The molecule has 0 aromatic heterocycles. The highest BCUT2D eigenvalue weighted by atomic mass is 19.1. The number of rotatable bonds is 4. The van der Waals surface area contributed by atoms with E-state index in [1.165, 1.54) is 0 Å². The molecule has 4 nitrogen and oxygen atoms in total. The Bertz CT molecular complexity index is 696. The smallest absolute Gasteiger partial charge is 0.197 e. The Hall–Kier alpha value is -1.33. The number of piperidine rings is 1. The summed E-state index contributed by atoms with van der Waals surface area (Å²) in [6.45, 7) is 8.09. The summed E-state index contributed by atoms with van der Waals surface area (Å²) in [6.07, 6.45) is 6.25. The van der Waals surface area contributed by atoms with Gasteiger partial charge < -0.3 is 14.2 Å². The third-order valence-corrected chi connectivity index (χ3v) is 6.05. The lowest BCUT2D eigenvalue weighted by Gasteiger charge is -2.45. The lowest BCUT2D eigenvalue weighted by molar-refractivity contribution is -0.0972. The first-order chi connectivity index (χ1) is 12.9. The number of methoxy groups -OCH3 is 1. The van der Waals surface area contributed by atoms with Gasteiger partial charge in [-0.05, 0) is 76.5 Å². The molecule has 1 saturated carbocycles. The van der Waals surface area contributed by atoms with Gasteiger partial charge in [0.15, 0.2) is 17.3 Å². The van der Waals surface area contributed by atoms with E-state index in [2.05, 4.69) is 25.7 Å². The van der Waals surface area contributed by atoms with Crippen LogP contribution in [0.3, 0.4) is 0 Å². The van der Waals surface area contributed by atoms with E-state index in [4.69, 9.17) is 14.2 Å². The Labute approximate surface area is 162 Å². The van der Waals surface area contributed by atoms with Crippen LogP contribution >= 0.6 is 0 Å². The van der Waals surface area contributed by atoms with E-state index in [1.54, 1.807) is 7.11 Å². The van der Waals surface area contributed by atoms with Crippen molar-refractivity contribution in [3.05, 3.63) is 23.0 Å². The van der Waals surface area contributed by atoms with Crippen molar-refractivity contribution in [2.24, 2.45) is 0 Å². The summed E-state index contributed by atoms with van der Waals surface area (Å²) in [5.41, 5.74) is 1.77. The maximum Gasteiger partial charge on any atom is 0.197 e. The van der Waals surface area contributed by atoms with Crippen molar-refractivity contribution in [2.75, 3.05) is 20.2 Å². The molecule has 0 radical (unpaired) electrons. The summed E-state index contributed by atoms with van der Waals surface area (Å²) in [4.78, 5) is 2.45. The number of ether oxygens (including phenoxy) is 3. The third-order valence-electron chi connectivity index (χ3n) is 6.05. The van der Waals surface area contributed by atoms with Gasteiger partial charge in [-0.3, -0.25) is 4.90 Å². The van der Waals surface area contributed by atoms with Crippen LogP contribution in [0.5, 0.6) is 11.5 Å². The fraction of sp³-hybridized carbons (Fsp3) is 0.727. The number of halogens is 1. The Kier molecular flexibility index (Phi) is 5.10. The van der Waals surface area contributed by atoms with Gasteiger partial charge in [0, 0.05) is 19.1 Å². The average molecular weight is 378 g/mol. The molecule has 1 saturated heterocycles. The van der Waals surface area contributed by atoms with Crippen molar-refractivity contribution in [3.8, 4) is 11.5 Å². The van der Waals surface area contributed by atoms with Gasteiger partial charge in [-0.2, -0.15) is 0 Å². The van der Waals surface area contributed by atoms with Gasteiger partial charge in [0.2, 0.25) is 0 Å². The first kappa shape index (κ1) is 19.0. The molecule has 2 unspecified atom stereocenters. The molecule has 0 bridgehead atoms. The highest BCUT2D eigenvalue weighted by molar-refractivity contribution is 5.51. The molecule has 1 aromatic rings. The molecule has 4 rings (SSSR count). The van der Waals surface area contributed by atoms with Crippen LogP contribution in [0.25, 0.3) is 0 Å². The number of benzene rings is 1. The Morgan fingerprint density at radius 2 is 1.89 bits per heavy atom. The molecule has 2 aliphatic heterocycles. The lowest BCUT2D eigenvalue weighted by Crippen LogP contribution is -2.47. The van der Waals surface area contributed by atoms with Crippen molar-refractivity contribution in [1.82, 2.24) is 4.90 Å². The number of nitrogens with zero attached hydrogens (tertiary/aromatic N) is 1. The maximum atomic E-state index is 15.3. The summed E-state index contributed by atoms with van der Waals surface area (Å²) in [5, 5.41) is 0. The summed E-state index contributed by atoms with van der Waals surface area (Å²) in [5.74, 6) is 0.649. The number of hydrogen-bond acceptors (Lipinski definition) is 4. The van der Waals surface area contributed by atoms with Crippen molar-refractivity contribution in [3.63, 3.8) is 0 Å². The van der Waals surface area contributed by atoms with E-state index in [0.29, 0.717) is 17.9 Å². The van der Waals surface area contributed by atoms with E-state index in [1.807, 2.05) is 6.07 Å². The van der Waals surface area contributed by atoms with Crippen LogP contribution in [-0.4, -0.2) is 42.9 Å². The molecule has 2 fully saturated rings. The van der Waals surface area contributed by atoms with E-state index >= 15 is 4.39 Å². The highest BCUT2D eigenvalue weighted by Gasteiger charge is 2.38. The average Bonchev–Trinajstić information content (AvgIpc) is 2.57. The van der Waals surface area contributed by atoms with Gasteiger partial charge in [0.25, 0.3) is 0 Å². The first-order valence-corrected chi connectivity index (χ1v) is 10.3. The Morgan fingerprint density at radius 3 is 2.52 bits per heavy atom. The zero-order valence-electron chi connectivity index (χ0n) is 17.0. The van der Waals surface area contributed by atoms with Gasteiger partial charge in [0.1, 0.15) is 0 Å². The molecule has 0 amide bonds. The minimum atomic E-state index is -0.205. The topological polar surface area (TPSA) is 30.9 Å². The molecule has 1 aliphatic carbocycles. The summed E-state index contributed by atoms with van der Waals surface area (Å²) in [6, 6.07) is 2.27. The zero-order valence-corrected chi connectivity index (χ0v) is 17.0. The predicted molar refractivity (Wildman–Crippen MR) is 103 cm³/mol. The SMILES string of the molecule is COc1cc2c(c(F)c1OC1CCC1)CCN1CC(OC(C)(C)C)CCC21. The Morgan fingerprint density at radius 1 is 1.11 bits per heavy atom. The van der Waals surface area contributed by atoms with Crippen molar-refractivity contribution < 1.29 is 18.6 Å². The van der Waals surface area contributed by atoms with Gasteiger partial charge >= 0.3 is 0 Å².